The average molecular weight is 278 g/mol. The van der Waals surface area contributed by atoms with Crippen LogP contribution >= 0.6 is 11.6 Å². The molecule has 2 rings (SSSR count). The molecule has 0 bridgehead atoms. The summed E-state index contributed by atoms with van der Waals surface area (Å²) in [6.45, 7) is 2.04. The van der Waals surface area contributed by atoms with E-state index in [0.717, 1.165) is 11.3 Å². The minimum Gasteiger partial charge on any atom is -0.381 e. The minimum absolute atomic E-state index is 0.0349. The molecule has 19 heavy (non-hydrogen) atoms. The van der Waals surface area contributed by atoms with Crippen molar-refractivity contribution in [2.75, 3.05) is 5.32 Å². The molecule has 1 N–H and O–H groups in total. The zero-order chi connectivity index (χ0) is 13.8. The largest absolute Gasteiger partial charge is 0.381 e. The van der Waals surface area contributed by atoms with Gasteiger partial charge in [0.1, 0.15) is 5.82 Å². The molecule has 2 aromatic rings. The fourth-order valence-electron chi connectivity index (χ4n) is 1.70. The van der Waals surface area contributed by atoms with E-state index in [0.29, 0.717) is 17.1 Å². The van der Waals surface area contributed by atoms with E-state index >= 15 is 0 Å². The molecule has 0 atom stereocenters. The second kappa shape index (κ2) is 5.85. The van der Waals surface area contributed by atoms with Crippen LogP contribution in [0.2, 0.25) is 5.02 Å². The van der Waals surface area contributed by atoms with Crippen molar-refractivity contribution in [1.29, 1.82) is 0 Å². The molecule has 0 saturated heterocycles. The third-order valence-corrected chi connectivity index (χ3v) is 2.93. The predicted molar refractivity (Wildman–Crippen MR) is 75.2 cm³/mol. The lowest BCUT2D eigenvalue weighted by Gasteiger charge is -2.08. The van der Waals surface area contributed by atoms with Gasteiger partial charge in [0.2, 0.25) is 0 Å². The molecular formula is C15H13ClFNO. The number of carbonyl (C=O) groups excluding carboxylic acids is 1. The summed E-state index contributed by atoms with van der Waals surface area (Å²) in [5.41, 5.74) is 2.28. The Hall–Kier alpha value is -1.87. The third kappa shape index (κ3) is 3.80. The van der Waals surface area contributed by atoms with Crippen molar-refractivity contribution in [2.24, 2.45) is 0 Å². The van der Waals surface area contributed by atoms with Crippen molar-refractivity contribution in [3.8, 4) is 0 Å². The maximum absolute atomic E-state index is 12.8. The first kappa shape index (κ1) is 13.6. The SMILES string of the molecule is CC(=O)c1cc(Cl)cc(NCc2ccc(F)cc2)c1. The van der Waals surface area contributed by atoms with Crippen molar-refractivity contribution in [3.05, 3.63) is 64.4 Å². The Labute approximate surface area is 116 Å². The van der Waals surface area contributed by atoms with E-state index < -0.39 is 0 Å². The molecular weight excluding hydrogens is 265 g/mol. The van der Waals surface area contributed by atoms with Gasteiger partial charge in [-0.15, -0.1) is 0 Å². The second-order valence-electron chi connectivity index (χ2n) is 4.26. The Bertz CT molecular complexity index is 596. The molecule has 4 heteroatoms. The van der Waals surface area contributed by atoms with Crippen LogP contribution in [0.1, 0.15) is 22.8 Å². The van der Waals surface area contributed by atoms with Crippen molar-refractivity contribution < 1.29 is 9.18 Å². The zero-order valence-corrected chi connectivity index (χ0v) is 11.2. The van der Waals surface area contributed by atoms with Gasteiger partial charge in [0, 0.05) is 22.8 Å². The fourth-order valence-corrected chi connectivity index (χ4v) is 1.94. The van der Waals surface area contributed by atoms with E-state index in [9.17, 15) is 9.18 Å². The topological polar surface area (TPSA) is 29.1 Å². The van der Waals surface area contributed by atoms with Gasteiger partial charge in [-0.1, -0.05) is 23.7 Å². The summed E-state index contributed by atoms with van der Waals surface area (Å²) < 4.78 is 12.8. The summed E-state index contributed by atoms with van der Waals surface area (Å²) in [4.78, 5) is 11.3. The van der Waals surface area contributed by atoms with Crippen molar-refractivity contribution in [1.82, 2.24) is 0 Å². The van der Waals surface area contributed by atoms with Crippen molar-refractivity contribution in [3.63, 3.8) is 0 Å². The Morgan fingerprint density at radius 2 is 1.89 bits per heavy atom. The summed E-state index contributed by atoms with van der Waals surface area (Å²) >= 11 is 5.95. The maximum Gasteiger partial charge on any atom is 0.159 e. The van der Waals surface area contributed by atoms with Crippen LogP contribution in [0.3, 0.4) is 0 Å². The Morgan fingerprint density at radius 3 is 2.53 bits per heavy atom. The highest BCUT2D eigenvalue weighted by Gasteiger charge is 2.04. The number of halogens is 2. The molecule has 0 unspecified atom stereocenters. The zero-order valence-electron chi connectivity index (χ0n) is 10.4. The molecule has 0 aliphatic heterocycles. The van der Waals surface area contributed by atoms with E-state index in [4.69, 9.17) is 11.6 Å². The minimum atomic E-state index is -0.259. The quantitative estimate of drug-likeness (QED) is 0.845. The molecule has 0 aliphatic rings. The summed E-state index contributed by atoms with van der Waals surface area (Å²) in [6.07, 6.45) is 0. The average Bonchev–Trinajstić information content (AvgIpc) is 2.37. The molecule has 0 radical (unpaired) electrons. The van der Waals surface area contributed by atoms with E-state index in [-0.39, 0.29) is 11.6 Å². The van der Waals surface area contributed by atoms with Crippen molar-refractivity contribution >= 4 is 23.1 Å². The highest BCUT2D eigenvalue weighted by molar-refractivity contribution is 6.31. The number of anilines is 1. The maximum atomic E-state index is 12.8. The first-order valence-electron chi connectivity index (χ1n) is 5.84. The van der Waals surface area contributed by atoms with Crippen LogP contribution < -0.4 is 5.32 Å². The second-order valence-corrected chi connectivity index (χ2v) is 4.70. The Balaban J connectivity index is 2.11. The number of Topliss-reactive ketones (excluding diaryl/α,β-unsaturated/α-hetero) is 1. The van der Waals surface area contributed by atoms with Crippen LogP contribution in [0.25, 0.3) is 0 Å². The van der Waals surface area contributed by atoms with Gasteiger partial charge >= 0.3 is 0 Å². The molecule has 2 nitrogen and oxygen atoms in total. The van der Waals surface area contributed by atoms with Crippen LogP contribution in [0.4, 0.5) is 10.1 Å². The Morgan fingerprint density at radius 1 is 1.21 bits per heavy atom. The van der Waals surface area contributed by atoms with Crippen molar-refractivity contribution in [2.45, 2.75) is 13.5 Å². The molecule has 0 amide bonds. The number of hydrogen-bond donors (Lipinski definition) is 1. The molecule has 0 aromatic heterocycles. The first-order valence-corrected chi connectivity index (χ1v) is 6.22. The molecule has 98 valence electrons. The van der Waals surface area contributed by atoms with Crippen LogP contribution in [-0.4, -0.2) is 5.78 Å². The number of carbonyl (C=O) groups is 1. The highest BCUT2D eigenvalue weighted by atomic mass is 35.5. The predicted octanol–water partition coefficient (Wildman–Crippen LogP) is 4.29. The molecule has 0 spiro atoms. The highest BCUT2D eigenvalue weighted by Crippen LogP contribution is 2.20. The number of nitrogens with one attached hydrogen (secondary N) is 1. The Kier molecular flexibility index (Phi) is 4.17. The smallest absolute Gasteiger partial charge is 0.159 e. The van der Waals surface area contributed by atoms with E-state index in [1.165, 1.54) is 19.1 Å². The lowest BCUT2D eigenvalue weighted by atomic mass is 10.1. The monoisotopic (exact) mass is 277 g/mol. The number of ketones is 1. The normalized spacial score (nSPS) is 10.3. The summed E-state index contributed by atoms with van der Waals surface area (Å²) in [6, 6.07) is 11.4. The summed E-state index contributed by atoms with van der Waals surface area (Å²) in [7, 11) is 0. The van der Waals surface area contributed by atoms with E-state index in [1.54, 1.807) is 30.3 Å². The third-order valence-electron chi connectivity index (χ3n) is 2.71. The standard InChI is InChI=1S/C15H13ClFNO/c1-10(19)12-6-13(16)8-15(7-12)18-9-11-2-4-14(17)5-3-11/h2-8,18H,9H2,1H3. The van der Waals surface area contributed by atoms with Crippen LogP contribution in [0.5, 0.6) is 0 Å². The summed E-state index contributed by atoms with van der Waals surface area (Å²) in [5.74, 6) is -0.294. The summed E-state index contributed by atoms with van der Waals surface area (Å²) in [5, 5.41) is 3.67. The van der Waals surface area contributed by atoms with E-state index in [2.05, 4.69) is 5.32 Å². The lowest BCUT2D eigenvalue weighted by Crippen LogP contribution is -2.01. The van der Waals surface area contributed by atoms with Gasteiger partial charge in [0.15, 0.2) is 5.78 Å². The number of hydrogen-bond acceptors (Lipinski definition) is 2. The van der Waals surface area contributed by atoms with Gasteiger partial charge in [-0.2, -0.15) is 0 Å². The lowest BCUT2D eigenvalue weighted by molar-refractivity contribution is 0.101. The molecule has 2 aromatic carbocycles. The molecule has 0 heterocycles. The molecule has 0 aliphatic carbocycles. The van der Waals surface area contributed by atoms with Gasteiger partial charge < -0.3 is 5.32 Å². The van der Waals surface area contributed by atoms with Gasteiger partial charge in [-0.25, -0.2) is 4.39 Å². The van der Waals surface area contributed by atoms with Crippen LogP contribution in [0.15, 0.2) is 42.5 Å². The number of rotatable bonds is 4. The van der Waals surface area contributed by atoms with Crippen LogP contribution in [-0.2, 0) is 6.54 Å². The van der Waals surface area contributed by atoms with E-state index in [1.807, 2.05) is 0 Å². The van der Waals surface area contributed by atoms with Gasteiger partial charge in [-0.3, -0.25) is 4.79 Å². The number of benzene rings is 2. The van der Waals surface area contributed by atoms with Gasteiger partial charge in [-0.05, 0) is 42.8 Å². The van der Waals surface area contributed by atoms with Crippen LogP contribution in [0, 0.1) is 5.82 Å². The van der Waals surface area contributed by atoms with Gasteiger partial charge in [0.25, 0.3) is 0 Å². The fraction of sp³-hybridized carbons (Fsp3) is 0.133. The first-order chi connectivity index (χ1) is 9.04. The molecule has 0 saturated carbocycles. The van der Waals surface area contributed by atoms with Gasteiger partial charge in [0.05, 0.1) is 0 Å². The molecule has 0 fully saturated rings.